The van der Waals surface area contributed by atoms with Crippen molar-refractivity contribution in [3.8, 4) is 5.19 Å². The maximum Gasteiger partial charge on any atom is 0.422 e. The van der Waals surface area contributed by atoms with Crippen LogP contribution in [0.2, 0.25) is 0 Å². The Morgan fingerprint density at radius 1 is 1.27 bits per heavy atom. The number of halogens is 3. The lowest BCUT2D eigenvalue weighted by molar-refractivity contribution is -0.153. The standard InChI is InChI=1S/C22H29F3N4O2S2/c1-14-26-11-17(32-14)10-20(30)27-16-4-2-15(3-5-16)6-8-29-9-7-19-18(12-29)28-21(33-19)31-13-22(23,24)25/h11,15-16H,2-10,12-13H2,1H3,(H,27,30). The van der Waals surface area contributed by atoms with Crippen molar-refractivity contribution < 1.29 is 22.7 Å². The van der Waals surface area contributed by atoms with Crippen LogP contribution < -0.4 is 10.1 Å². The number of nitrogens with one attached hydrogen (secondary N) is 1. The average molecular weight is 503 g/mol. The number of ether oxygens (including phenoxy) is 1. The van der Waals surface area contributed by atoms with Gasteiger partial charge in [-0.15, -0.1) is 11.3 Å². The van der Waals surface area contributed by atoms with Crippen LogP contribution in [-0.4, -0.2) is 52.7 Å². The van der Waals surface area contributed by atoms with Crippen LogP contribution in [0.3, 0.4) is 0 Å². The van der Waals surface area contributed by atoms with Crippen molar-refractivity contribution in [2.24, 2.45) is 5.92 Å². The second-order valence-electron chi connectivity index (χ2n) is 8.88. The van der Waals surface area contributed by atoms with Crippen LogP contribution in [0.25, 0.3) is 0 Å². The highest BCUT2D eigenvalue weighted by molar-refractivity contribution is 7.13. The molecule has 182 valence electrons. The molecule has 1 amide bonds. The number of amides is 1. The Labute approximate surface area is 199 Å². The number of carbonyl (C=O) groups excluding carboxylic acids is 1. The minimum atomic E-state index is -4.35. The zero-order valence-corrected chi connectivity index (χ0v) is 20.3. The van der Waals surface area contributed by atoms with Crippen LogP contribution in [0.15, 0.2) is 6.20 Å². The lowest BCUT2D eigenvalue weighted by Gasteiger charge is -2.32. The Balaban J connectivity index is 1.15. The monoisotopic (exact) mass is 502 g/mol. The van der Waals surface area contributed by atoms with Crippen molar-refractivity contribution in [3.63, 3.8) is 0 Å². The molecule has 0 bridgehead atoms. The highest BCUT2D eigenvalue weighted by Gasteiger charge is 2.30. The molecule has 0 atom stereocenters. The molecule has 11 heteroatoms. The van der Waals surface area contributed by atoms with Gasteiger partial charge < -0.3 is 10.1 Å². The number of carbonyl (C=O) groups is 1. The number of aryl methyl sites for hydroxylation is 1. The number of rotatable bonds is 8. The number of fused-ring (bicyclic) bond motifs is 1. The first-order valence-electron chi connectivity index (χ1n) is 11.3. The number of hydrogen-bond acceptors (Lipinski definition) is 7. The Hall–Kier alpha value is -1.72. The van der Waals surface area contributed by atoms with E-state index in [9.17, 15) is 18.0 Å². The molecule has 1 aliphatic heterocycles. The summed E-state index contributed by atoms with van der Waals surface area (Å²) in [5.41, 5.74) is 0.853. The number of alkyl halides is 3. The number of hydrogen-bond donors (Lipinski definition) is 1. The van der Waals surface area contributed by atoms with Gasteiger partial charge in [0.25, 0.3) is 5.19 Å². The van der Waals surface area contributed by atoms with Crippen LogP contribution in [0.5, 0.6) is 5.19 Å². The second kappa shape index (κ2) is 10.7. The minimum absolute atomic E-state index is 0.0769. The van der Waals surface area contributed by atoms with E-state index in [0.29, 0.717) is 18.9 Å². The van der Waals surface area contributed by atoms with E-state index in [2.05, 4.69) is 20.2 Å². The maximum atomic E-state index is 12.4. The van der Waals surface area contributed by atoms with Crippen LogP contribution in [0, 0.1) is 12.8 Å². The summed E-state index contributed by atoms with van der Waals surface area (Å²) in [6.07, 6.45) is 3.97. The van der Waals surface area contributed by atoms with Crippen molar-refractivity contribution in [3.05, 3.63) is 26.7 Å². The summed E-state index contributed by atoms with van der Waals surface area (Å²) in [5.74, 6) is 0.720. The lowest BCUT2D eigenvalue weighted by Crippen LogP contribution is -2.39. The van der Waals surface area contributed by atoms with Gasteiger partial charge in [-0.3, -0.25) is 9.69 Å². The largest absolute Gasteiger partial charge is 0.460 e. The molecule has 6 nitrogen and oxygen atoms in total. The van der Waals surface area contributed by atoms with Crippen molar-refractivity contribution in [1.82, 2.24) is 20.2 Å². The molecule has 2 aromatic rings. The molecular weight excluding hydrogens is 473 g/mol. The normalized spacial score (nSPS) is 21.6. The Kier molecular flexibility index (Phi) is 7.91. The molecule has 0 unspecified atom stereocenters. The van der Waals surface area contributed by atoms with Crippen molar-refractivity contribution in [2.75, 3.05) is 19.7 Å². The van der Waals surface area contributed by atoms with Gasteiger partial charge in [-0.2, -0.15) is 13.2 Å². The van der Waals surface area contributed by atoms with Gasteiger partial charge in [0, 0.05) is 35.1 Å². The third-order valence-corrected chi connectivity index (χ3v) is 8.20. The zero-order valence-electron chi connectivity index (χ0n) is 18.6. The van der Waals surface area contributed by atoms with Gasteiger partial charge in [0.15, 0.2) is 6.61 Å². The van der Waals surface area contributed by atoms with Gasteiger partial charge in [0.2, 0.25) is 5.91 Å². The van der Waals surface area contributed by atoms with E-state index in [4.69, 9.17) is 4.74 Å². The van der Waals surface area contributed by atoms with Crippen molar-refractivity contribution >= 4 is 28.6 Å². The fraction of sp³-hybridized carbons (Fsp3) is 0.682. The van der Waals surface area contributed by atoms with E-state index in [0.717, 1.165) is 72.1 Å². The molecule has 3 heterocycles. The van der Waals surface area contributed by atoms with Gasteiger partial charge in [0.1, 0.15) is 0 Å². The van der Waals surface area contributed by atoms with Gasteiger partial charge in [-0.1, -0.05) is 11.3 Å². The lowest BCUT2D eigenvalue weighted by atomic mass is 9.84. The first-order chi connectivity index (χ1) is 15.7. The Morgan fingerprint density at radius 3 is 2.76 bits per heavy atom. The summed E-state index contributed by atoms with van der Waals surface area (Å²) in [6.45, 7) is 3.18. The summed E-state index contributed by atoms with van der Waals surface area (Å²) >= 11 is 2.80. The SMILES string of the molecule is Cc1ncc(CC(=O)NC2CCC(CCN3CCc4sc(OCC(F)(F)F)nc4C3)CC2)s1. The molecule has 2 aliphatic rings. The summed E-state index contributed by atoms with van der Waals surface area (Å²) in [6, 6.07) is 0.255. The molecule has 0 aromatic carbocycles. The van der Waals surface area contributed by atoms with E-state index in [1.54, 1.807) is 17.5 Å². The van der Waals surface area contributed by atoms with Gasteiger partial charge >= 0.3 is 6.18 Å². The molecule has 4 rings (SSSR count). The highest BCUT2D eigenvalue weighted by atomic mass is 32.1. The van der Waals surface area contributed by atoms with Crippen LogP contribution in [0.4, 0.5) is 13.2 Å². The molecule has 0 radical (unpaired) electrons. The third-order valence-electron chi connectivity index (χ3n) is 6.22. The summed E-state index contributed by atoms with van der Waals surface area (Å²) in [4.78, 5) is 25.1. The van der Waals surface area contributed by atoms with Crippen molar-refractivity contribution in [1.29, 1.82) is 0 Å². The fourth-order valence-electron chi connectivity index (χ4n) is 4.51. The summed E-state index contributed by atoms with van der Waals surface area (Å²) in [5, 5.41) is 4.27. The predicted octanol–water partition coefficient (Wildman–Crippen LogP) is 4.52. The van der Waals surface area contributed by atoms with Crippen LogP contribution >= 0.6 is 22.7 Å². The van der Waals surface area contributed by atoms with Gasteiger partial charge in [0.05, 0.1) is 17.1 Å². The van der Waals surface area contributed by atoms with E-state index >= 15 is 0 Å². The number of thiazole rings is 2. The van der Waals surface area contributed by atoms with E-state index in [1.165, 1.54) is 11.3 Å². The fourth-order valence-corrected chi connectivity index (χ4v) is 6.21. The number of nitrogens with zero attached hydrogens (tertiary/aromatic N) is 3. The second-order valence-corrected chi connectivity index (χ2v) is 11.2. The molecule has 0 saturated heterocycles. The molecule has 1 saturated carbocycles. The Bertz CT molecular complexity index is 938. The third kappa shape index (κ3) is 7.38. The average Bonchev–Trinajstić information content (AvgIpc) is 3.36. The molecule has 0 spiro atoms. The molecule has 1 N–H and O–H groups in total. The smallest absolute Gasteiger partial charge is 0.422 e. The predicted molar refractivity (Wildman–Crippen MR) is 122 cm³/mol. The quantitative estimate of drug-likeness (QED) is 0.575. The summed E-state index contributed by atoms with van der Waals surface area (Å²) in [7, 11) is 0. The molecule has 1 fully saturated rings. The van der Waals surface area contributed by atoms with Crippen LogP contribution in [0.1, 0.15) is 52.6 Å². The highest BCUT2D eigenvalue weighted by Crippen LogP contribution is 2.32. The van der Waals surface area contributed by atoms with E-state index in [1.807, 2.05) is 6.92 Å². The molecule has 2 aromatic heterocycles. The first-order valence-corrected chi connectivity index (χ1v) is 13.0. The molecular formula is C22H29F3N4O2S2. The Morgan fingerprint density at radius 2 is 2.06 bits per heavy atom. The van der Waals surface area contributed by atoms with Gasteiger partial charge in [-0.25, -0.2) is 9.97 Å². The molecule has 33 heavy (non-hydrogen) atoms. The zero-order chi connectivity index (χ0) is 23.4. The topological polar surface area (TPSA) is 67.4 Å². The minimum Gasteiger partial charge on any atom is -0.460 e. The number of aromatic nitrogens is 2. The summed E-state index contributed by atoms with van der Waals surface area (Å²) < 4.78 is 41.9. The van der Waals surface area contributed by atoms with Crippen molar-refractivity contribution in [2.45, 2.75) is 70.6 Å². The molecule has 1 aliphatic carbocycles. The van der Waals surface area contributed by atoms with Gasteiger partial charge in [-0.05, 0) is 57.9 Å². The van der Waals surface area contributed by atoms with E-state index < -0.39 is 12.8 Å². The maximum absolute atomic E-state index is 12.4. The van der Waals surface area contributed by atoms with E-state index in [-0.39, 0.29) is 17.1 Å². The first kappa shape index (κ1) is 24.4. The van der Waals surface area contributed by atoms with Crippen LogP contribution in [-0.2, 0) is 24.2 Å².